The van der Waals surface area contributed by atoms with Gasteiger partial charge in [0.05, 0.1) is 24.3 Å². The third-order valence-electron chi connectivity index (χ3n) is 5.95. The molecule has 2 aromatic rings. The first-order valence-corrected chi connectivity index (χ1v) is 11.1. The van der Waals surface area contributed by atoms with Crippen LogP contribution in [0.4, 0.5) is 0 Å². The minimum Gasteiger partial charge on any atom is -0.493 e. The molecule has 0 aromatic heterocycles. The van der Waals surface area contributed by atoms with E-state index in [-0.39, 0.29) is 0 Å². The van der Waals surface area contributed by atoms with Gasteiger partial charge in [0.2, 0.25) is 0 Å². The molecule has 0 heterocycles. The number of benzene rings is 2. The van der Waals surface area contributed by atoms with Gasteiger partial charge >= 0.3 is 0 Å². The van der Waals surface area contributed by atoms with Crippen LogP contribution in [0.15, 0.2) is 30.3 Å². The van der Waals surface area contributed by atoms with Crippen LogP contribution in [0.3, 0.4) is 0 Å². The lowest BCUT2D eigenvalue weighted by Gasteiger charge is -2.26. The average molecular weight is 436 g/mol. The Hall–Kier alpha value is -1.42. The number of likely N-dealkylation sites (N-methyl/N-ethyl adjacent to an activating group) is 1. The van der Waals surface area contributed by atoms with Crippen molar-refractivity contribution in [3.05, 3.63) is 57.1 Å². The zero-order valence-electron chi connectivity index (χ0n) is 17.6. The number of nitrogens with zero attached hydrogens (tertiary/aromatic N) is 1. The van der Waals surface area contributed by atoms with Crippen molar-refractivity contribution in [2.75, 3.05) is 34.4 Å². The van der Waals surface area contributed by atoms with E-state index in [1.165, 1.54) is 36.0 Å². The Morgan fingerprint density at radius 3 is 2.38 bits per heavy atom. The normalized spacial score (nSPS) is 16.0. The van der Waals surface area contributed by atoms with Crippen molar-refractivity contribution >= 4 is 23.2 Å². The van der Waals surface area contributed by atoms with Crippen molar-refractivity contribution in [2.45, 2.75) is 38.5 Å². The molecule has 158 valence electrons. The molecular formula is C24H31Cl2NO2. The number of fused-ring (bicyclic) bond motifs is 1. The van der Waals surface area contributed by atoms with E-state index in [4.69, 9.17) is 32.7 Å². The highest BCUT2D eigenvalue weighted by atomic mass is 35.5. The molecule has 29 heavy (non-hydrogen) atoms. The van der Waals surface area contributed by atoms with Crippen LogP contribution in [0.1, 0.15) is 36.0 Å². The van der Waals surface area contributed by atoms with E-state index in [1.807, 2.05) is 12.1 Å². The summed E-state index contributed by atoms with van der Waals surface area (Å²) in [5.74, 6) is 2.44. The summed E-state index contributed by atoms with van der Waals surface area (Å²) in [5.41, 5.74) is 4.07. The molecule has 3 rings (SSSR count). The Bertz CT molecular complexity index is 825. The molecule has 1 aliphatic rings. The largest absolute Gasteiger partial charge is 0.493 e. The topological polar surface area (TPSA) is 21.7 Å². The molecule has 0 N–H and O–H groups in total. The zero-order valence-corrected chi connectivity index (χ0v) is 19.2. The maximum absolute atomic E-state index is 6.11. The van der Waals surface area contributed by atoms with Crippen LogP contribution < -0.4 is 9.47 Å². The van der Waals surface area contributed by atoms with E-state index in [2.05, 4.69) is 30.1 Å². The van der Waals surface area contributed by atoms with Gasteiger partial charge in [-0.1, -0.05) is 29.3 Å². The van der Waals surface area contributed by atoms with Gasteiger partial charge in [-0.2, -0.15) is 0 Å². The molecule has 1 aliphatic carbocycles. The fourth-order valence-corrected chi connectivity index (χ4v) is 4.50. The van der Waals surface area contributed by atoms with Crippen molar-refractivity contribution in [3.63, 3.8) is 0 Å². The number of hydrogen-bond donors (Lipinski definition) is 0. The van der Waals surface area contributed by atoms with E-state index >= 15 is 0 Å². The molecule has 1 atom stereocenters. The van der Waals surface area contributed by atoms with Crippen LogP contribution in [-0.4, -0.2) is 39.3 Å². The zero-order chi connectivity index (χ0) is 20.8. The van der Waals surface area contributed by atoms with Gasteiger partial charge in [0.15, 0.2) is 11.5 Å². The quantitative estimate of drug-likeness (QED) is 0.476. The van der Waals surface area contributed by atoms with Crippen molar-refractivity contribution in [1.82, 2.24) is 4.90 Å². The summed E-state index contributed by atoms with van der Waals surface area (Å²) in [4.78, 5) is 2.41. The van der Waals surface area contributed by atoms with Crippen LogP contribution in [0.25, 0.3) is 0 Å². The predicted octanol–water partition coefficient (Wildman–Crippen LogP) is 6.07. The van der Waals surface area contributed by atoms with Gasteiger partial charge < -0.3 is 14.4 Å². The number of aryl methyl sites for hydroxylation is 1. The minimum atomic E-state index is 0.619. The second-order valence-corrected chi connectivity index (χ2v) is 8.84. The summed E-state index contributed by atoms with van der Waals surface area (Å²) in [6.07, 6.45) is 7.02. The number of methoxy groups -OCH3 is 2. The standard InChI is InChI=1S/C24H31Cl2NO2/c1-27(12-10-18-7-9-21(25)22(26)14-18)11-4-5-17-6-8-19-15-23(28-2)24(29-3)16-20(19)13-17/h7,9,14-17H,4-6,8,10-13H2,1-3H3. The number of halogens is 2. The summed E-state index contributed by atoms with van der Waals surface area (Å²) in [6, 6.07) is 10.2. The Morgan fingerprint density at radius 1 is 0.966 bits per heavy atom. The fraction of sp³-hybridized carbons (Fsp3) is 0.500. The first-order chi connectivity index (χ1) is 14.0. The fourth-order valence-electron chi connectivity index (χ4n) is 4.18. The smallest absolute Gasteiger partial charge is 0.161 e. The van der Waals surface area contributed by atoms with E-state index in [9.17, 15) is 0 Å². The van der Waals surface area contributed by atoms with Crippen LogP contribution in [-0.2, 0) is 19.3 Å². The van der Waals surface area contributed by atoms with Crippen LogP contribution >= 0.6 is 23.2 Å². The molecule has 0 spiro atoms. The lowest BCUT2D eigenvalue weighted by atomic mass is 9.81. The lowest BCUT2D eigenvalue weighted by Crippen LogP contribution is -2.23. The number of ether oxygens (including phenoxy) is 2. The summed E-state index contributed by atoms with van der Waals surface area (Å²) < 4.78 is 10.9. The first-order valence-electron chi connectivity index (χ1n) is 10.4. The number of rotatable bonds is 9. The van der Waals surface area contributed by atoms with Crippen molar-refractivity contribution in [2.24, 2.45) is 5.92 Å². The van der Waals surface area contributed by atoms with Crippen molar-refractivity contribution < 1.29 is 9.47 Å². The number of hydrogen-bond acceptors (Lipinski definition) is 3. The lowest BCUT2D eigenvalue weighted by molar-refractivity contribution is 0.307. The molecule has 0 saturated carbocycles. The maximum atomic E-state index is 6.11. The molecule has 0 saturated heterocycles. The second-order valence-electron chi connectivity index (χ2n) is 8.03. The SMILES string of the molecule is COc1cc2c(cc1OC)CC(CCCN(C)CCc1ccc(Cl)c(Cl)c1)CC2. The predicted molar refractivity (Wildman–Crippen MR) is 122 cm³/mol. The minimum absolute atomic E-state index is 0.619. The van der Waals surface area contributed by atoms with Gasteiger partial charge in [0.1, 0.15) is 0 Å². The molecule has 0 aliphatic heterocycles. The molecule has 0 radical (unpaired) electrons. The van der Waals surface area contributed by atoms with Crippen molar-refractivity contribution in [1.29, 1.82) is 0 Å². The van der Waals surface area contributed by atoms with Gasteiger partial charge in [0.25, 0.3) is 0 Å². The molecular weight excluding hydrogens is 405 g/mol. The monoisotopic (exact) mass is 435 g/mol. The summed E-state index contributed by atoms with van der Waals surface area (Å²) in [7, 11) is 5.61. The Labute approximate surface area is 184 Å². The molecule has 3 nitrogen and oxygen atoms in total. The van der Waals surface area contributed by atoms with Crippen molar-refractivity contribution in [3.8, 4) is 11.5 Å². The van der Waals surface area contributed by atoms with E-state index in [1.54, 1.807) is 14.2 Å². The highest BCUT2D eigenvalue weighted by molar-refractivity contribution is 6.42. The maximum Gasteiger partial charge on any atom is 0.161 e. The van der Waals surface area contributed by atoms with Crippen LogP contribution in [0.5, 0.6) is 11.5 Å². The first kappa shape index (κ1) is 22.3. The molecule has 5 heteroatoms. The van der Waals surface area contributed by atoms with E-state index in [0.717, 1.165) is 49.8 Å². The third-order valence-corrected chi connectivity index (χ3v) is 6.69. The van der Waals surface area contributed by atoms with Gasteiger partial charge in [-0.05, 0) is 99.0 Å². The van der Waals surface area contributed by atoms with Crippen LogP contribution in [0.2, 0.25) is 10.0 Å². The van der Waals surface area contributed by atoms with Gasteiger partial charge in [-0.15, -0.1) is 0 Å². The summed E-state index contributed by atoms with van der Waals surface area (Å²) in [6.45, 7) is 2.15. The van der Waals surface area contributed by atoms with Gasteiger partial charge in [-0.3, -0.25) is 0 Å². The van der Waals surface area contributed by atoms with Gasteiger partial charge in [0, 0.05) is 6.54 Å². The Kier molecular flexibility index (Phi) is 8.11. The third kappa shape index (κ3) is 6.04. The van der Waals surface area contributed by atoms with Crippen LogP contribution in [0, 0.1) is 5.92 Å². The highest BCUT2D eigenvalue weighted by Gasteiger charge is 2.21. The molecule has 0 amide bonds. The Balaban J connectivity index is 1.43. The summed E-state index contributed by atoms with van der Waals surface area (Å²) in [5, 5.41) is 1.26. The molecule has 0 fully saturated rings. The van der Waals surface area contributed by atoms with E-state index in [0.29, 0.717) is 10.0 Å². The average Bonchev–Trinajstić information content (AvgIpc) is 2.73. The molecule has 2 aromatic carbocycles. The molecule has 1 unspecified atom stereocenters. The molecule has 0 bridgehead atoms. The van der Waals surface area contributed by atoms with E-state index < -0.39 is 0 Å². The summed E-state index contributed by atoms with van der Waals surface area (Å²) >= 11 is 12.1. The second kappa shape index (κ2) is 10.6. The van der Waals surface area contributed by atoms with Gasteiger partial charge in [-0.25, -0.2) is 0 Å². The highest BCUT2D eigenvalue weighted by Crippen LogP contribution is 2.36. The Morgan fingerprint density at radius 2 is 1.69 bits per heavy atom.